The van der Waals surface area contributed by atoms with E-state index in [4.69, 9.17) is 25.9 Å². The van der Waals surface area contributed by atoms with Crippen LogP contribution < -0.4 is 4.74 Å². The van der Waals surface area contributed by atoms with E-state index in [2.05, 4.69) is 0 Å². The number of benzene rings is 1. The van der Waals surface area contributed by atoms with E-state index in [0.717, 1.165) is 0 Å². The fraction of sp³-hybridized carbons (Fsp3) is 0.294. The number of hydrogen-bond acceptors (Lipinski definition) is 4. The number of ether oxygens (including phenoxy) is 1. The van der Waals surface area contributed by atoms with Crippen LogP contribution in [0.4, 0.5) is 0 Å². The largest absolute Gasteiger partial charge is 0.481 e. The molecular formula is C17H18ClNO5. The highest BCUT2D eigenvalue weighted by atomic mass is 35.5. The predicted octanol–water partition coefficient (Wildman–Crippen LogP) is 3.37. The maximum Gasteiger partial charge on any atom is 0.339 e. The van der Waals surface area contributed by atoms with Gasteiger partial charge in [0.25, 0.3) is 5.91 Å². The number of likely N-dealkylation sites (N-methyl/N-ethyl adjacent to an activating group) is 1. The summed E-state index contributed by atoms with van der Waals surface area (Å²) in [5.74, 6) is -0.119. The Morgan fingerprint density at radius 2 is 2.08 bits per heavy atom. The maximum absolute atomic E-state index is 12.4. The molecule has 0 saturated heterocycles. The molecule has 0 saturated carbocycles. The third-order valence-electron chi connectivity index (χ3n) is 3.43. The van der Waals surface area contributed by atoms with Crippen LogP contribution in [0.5, 0.6) is 5.75 Å². The molecule has 0 fully saturated rings. The third kappa shape index (κ3) is 4.29. The van der Waals surface area contributed by atoms with Crippen molar-refractivity contribution < 1.29 is 23.8 Å². The molecule has 0 bridgehead atoms. The highest BCUT2D eigenvalue weighted by Gasteiger charge is 2.22. The number of amides is 1. The summed E-state index contributed by atoms with van der Waals surface area (Å²) in [6.45, 7) is 3.35. The van der Waals surface area contributed by atoms with Crippen LogP contribution in [-0.4, -0.2) is 35.0 Å². The minimum atomic E-state index is -1.06. The number of furan rings is 1. The molecule has 0 aliphatic rings. The van der Waals surface area contributed by atoms with E-state index in [-0.39, 0.29) is 18.0 Å². The average Bonchev–Trinajstić information content (AvgIpc) is 2.87. The lowest BCUT2D eigenvalue weighted by Crippen LogP contribution is -2.37. The van der Waals surface area contributed by atoms with E-state index in [1.54, 1.807) is 45.2 Å². The number of halogens is 1. The van der Waals surface area contributed by atoms with Gasteiger partial charge in [-0.1, -0.05) is 17.7 Å². The van der Waals surface area contributed by atoms with Gasteiger partial charge in [0.15, 0.2) is 6.10 Å². The summed E-state index contributed by atoms with van der Waals surface area (Å²) in [5, 5.41) is 9.55. The molecule has 6 nitrogen and oxygen atoms in total. The molecule has 2 aromatic rings. The van der Waals surface area contributed by atoms with Crippen molar-refractivity contribution >= 4 is 23.5 Å². The number of carboxylic acid groups (broad SMARTS) is 1. The number of rotatable bonds is 6. The summed E-state index contributed by atoms with van der Waals surface area (Å²) in [5.41, 5.74) is 0.0917. The quantitative estimate of drug-likeness (QED) is 0.863. The molecule has 1 aromatic heterocycles. The first-order chi connectivity index (χ1) is 11.3. The van der Waals surface area contributed by atoms with Crippen LogP contribution in [-0.2, 0) is 11.3 Å². The molecule has 0 aliphatic heterocycles. The topological polar surface area (TPSA) is 80.0 Å². The Bertz CT molecular complexity index is 755. The Morgan fingerprint density at radius 1 is 1.38 bits per heavy atom. The molecule has 1 heterocycles. The standard InChI is InChI=1S/C17H18ClNO5/c1-10-15(17(21)22)8-14(23-10)9-19(3)16(20)11(2)24-13-6-4-5-12(18)7-13/h4-8,11H,9H2,1-3H3,(H,21,22). The molecule has 2 rings (SSSR count). The number of nitrogens with zero attached hydrogens (tertiary/aromatic N) is 1. The first-order valence-corrected chi connectivity index (χ1v) is 7.65. The lowest BCUT2D eigenvalue weighted by Gasteiger charge is -2.21. The smallest absolute Gasteiger partial charge is 0.339 e. The molecule has 1 atom stereocenters. The third-order valence-corrected chi connectivity index (χ3v) is 3.66. The monoisotopic (exact) mass is 351 g/mol. The van der Waals surface area contributed by atoms with Crippen LogP contribution >= 0.6 is 11.6 Å². The van der Waals surface area contributed by atoms with Gasteiger partial charge in [0.05, 0.1) is 6.54 Å². The molecule has 128 valence electrons. The van der Waals surface area contributed by atoms with Crippen LogP contribution in [0.1, 0.15) is 28.8 Å². The Hall–Kier alpha value is -2.47. The zero-order chi connectivity index (χ0) is 17.9. The highest BCUT2D eigenvalue weighted by Crippen LogP contribution is 2.20. The number of aromatic carboxylic acids is 1. The van der Waals surface area contributed by atoms with Crippen LogP contribution in [0.25, 0.3) is 0 Å². The summed E-state index contributed by atoms with van der Waals surface area (Å²) in [6.07, 6.45) is -0.719. The van der Waals surface area contributed by atoms with Crippen LogP contribution in [0.2, 0.25) is 5.02 Å². The highest BCUT2D eigenvalue weighted by molar-refractivity contribution is 6.30. The van der Waals surface area contributed by atoms with E-state index >= 15 is 0 Å². The van der Waals surface area contributed by atoms with Crippen molar-refractivity contribution in [2.75, 3.05) is 7.05 Å². The van der Waals surface area contributed by atoms with Crippen molar-refractivity contribution in [3.05, 3.63) is 52.4 Å². The van der Waals surface area contributed by atoms with Crippen molar-refractivity contribution in [3.63, 3.8) is 0 Å². The van der Waals surface area contributed by atoms with Gasteiger partial charge in [-0.2, -0.15) is 0 Å². The number of carbonyl (C=O) groups excluding carboxylic acids is 1. The average molecular weight is 352 g/mol. The summed E-state index contributed by atoms with van der Waals surface area (Å²) in [6, 6.07) is 8.21. The lowest BCUT2D eigenvalue weighted by atomic mass is 10.2. The van der Waals surface area contributed by atoms with E-state index in [9.17, 15) is 9.59 Å². The van der Waals surface area contributed by atoms with Crippen molar-refractivity contribution in [2.24, 2.45) is 0 Å². The van der Waals surface area contributed by atoms with E-state index in [0.29, 0.717) is 22.3 Å². The van der Waals surface area contributed by atoms with E-state index < -0.39 is 12.1 Å². The second-order valence-electron chi connectivity index (χ2n) is 5.40. The molecular weight excluding hydrogens is 334 g/mol. The minimum absolute atomic E-state index is 0.0917. The van der Waals surface area contributed by atoms with Gasteiger partial charge in [0.1, 0.15) is 22.8 Å². The fourth-order valence-corrected chi connectivity index (χ4v) is 2.43. The van der Waals surface area contributed by atoms with Gasteiger partial charge in [-0.3, -0.25) is 4.79 Å². The van der Waals surface area contributed by atoms with Crippen molar-refractivity contribution in [2.45, 2.75) is 26.5 Å². The van der Waals surface area contributed by atoms with Gasteiger partial charge in [-0.15, -0.1) is 0 Å². The minimum Gasteiger partial charge on any atom is -0.481 e. The van der Waals surface area contributed by atoms with Crippen LogP contribution in [0.15, 0.2) is 34.7 Å². The summed E-state index contributed by atoms with van der Waals surface area (Å²) in [7, 11) is 1.60. The number of aryl methyl sites for hydroxylation is 1. The molecule has 1 N–H and O–H groups in total. The SMILES string of the molecule is Cc1oc(CN(C)C(=O)C(C)Oc2cccc(Cl)c2)cc1C(=O)O. The summed E-state index contributed by atoms with van der Waals surface area (Å²) >= 11 is 5.88. The Kier molecular flexibility index (Phi) is 5.51. The molecule has 0 aliphatic carbocycles. The second-order valence-corrected chi connectivity index (χ2v) is 5.84. The lowest BCUT2D eigenvalue weighted by molar-refractivity contribution is -0.137. The molecule has 1 amide bonds. The summed E-state index contributed by atoms with van der Waals surface area (Å²) < 4.78 is 11.0. The fourth-order valence-electron chi connectivity index (χ4n) is 2.25. The Labute approximate surface area is 144 Å². The van der Waals surface area contributed by atoms with Gasteiger partial charge in [-0.05, 0) is 38.1 Å². The number of hydrogen-bond donors (Lipinski definition) is 1. The number of carboxylic acids is 1. The van der Waals surface area contributed by atoms with Crippen molar-refractivity contribution in [1.29, 1.82) is 0 Å². The van der Waals surface area contributed by atoms with Crippen molar-refractivity contribution in [1.82, 2.24) is 4.90 Å². The zero-order valence-electron chi connectivity index (χ0n) is 13.6. The normalized spacial score (nSPS) is 11.8. The van der Waals surface area contributed by atoms with Gasteiger partial charge in [0.2, 0.25) is 0 Å². The molecule has 0 spiro atoms. The molecule has 1 unspecified atom stereocenters. The molecule has 7 heteroatoms. The van der Waals surface area contributed by atoms with Crippen molar-refractivity contribution in [3.8, 4) is 5.75 Å². The number of carbonyl (C=O) groups is 2. The first-order valence-electron chi connectivity index (χ1n) is 7.27. The van der Waals surface area contributed by atoms with Gasteiger partial charge >= 0.3 is 5.97 Å². The van der Waals surface area contributed by atoms with E-state index in [1.165, 1.54) is 11.0 Å². The van der Waals surface area contributed by atoms with E-state index in [1.807, 2.05) is 0 Å². The van der Waals surface area contributed by atoms with Crippen LogP contribution in [0.3, 0.4) is 0 Å². The van der Waals surface area contributed by atoms with Gasteiger partial charge in [0, 0.05) is 12.1 Å². The Morgan fingerprint density at radius 3 is 2.67 bits per heavy atom. The predicted molar refractivity (Wildman–Crippen MR) is 88.4 cm³/mol. The molecule has 1 aromatic carbocycles. The zero-order valence-corrected chi connectivity index (χ0v) is 14.3. The molecule has 24 heavy (non-hydrogen) atoms. The molecule has 0 radical (unpaired) electrons. The second kappa shape index (κ2) is 7.40. The maximum atomic E-state index is 12.4. The van der Waals surface area contributed by atoms with Gasteiger partial charge < -0.3 is 19.2 Å². The Balaban J connectivity index is 2.00. The first kappa shape index (κ1) is 17.9. The summed E-state index contributed by atoms with van der Waals surface area (Å²) in [4.78, 5) is 24.8. The van der Waals surface area contributed by atoms with Crippen LogP contribution in [0, 0.1) is 6.92 Å². The van der Waals surface area contributed by atoms with Gasteiger partial charge in [-0.25, -0.2) is 4.79 Å².